The minimum atomic E-state index is -5.75. The molecule has 0 heterocycles. The number of hydrogen-bond acceptors (Lipinski definition) is 5. The summed E-state index contributed by atoms with van der Waals surface area (Å²) in [5.41, 5.74) is -5.01. The first kappa shape index (κ1) is 28.0. The lowest BCUT2D eigenvalue weighted by atomic mass is 9.70. The van der Waals surface area contributed by atoms with Gasteiger partial charge in [0.2, 0.25) is 0 Å². The highest BCUT2D eigenvalue weighted by molar-refractivity contribution is 7.88. The SMILES string of the molecule is CCC(CC)(c1ccc(OS(=O)(=O)C(F)(F)F)cc1)c1ccc(OCC(=O)C(C)(C)C)c(Cl)c1. The Morgan fingerprint density at radius 3 is 1.91 bits per heavy atom. The highest BCUT2D eigenvalue weighted by Crippen LogP contribution is 2.42. The molecule has 0 bridgehead atoms. The standard InChI is InChI=1S/C24H28ClF3O5S/c1-6-23(7-2,16-8-11-18(12-9-16)33-34(30,31)24(26,27)28)17-10-13-20(19(25)14-17)32-15-21(29)22(3,4)5/h8-14H,6-7,15H2,1-5H3. The van der Waals surface area contributed by atoms with E-state index in [1.165, 1.54) is 24.3 Å². The molecule has 2 rings (SSSR count). The van der Waals surface area contributed by atoms with Crippen molar-refractivity contribution < 1.29 is 35.3 Å². The molecule has 2 aromatic carbocycles. The van der Waals surface area contributed by atoms with E-state index in [1.54, 1.807) is 32.9 Å². The Bertz CT molecular complexity index is 1120. The monoisotopic (exact) mass is 520 g/mol. The van der Waals surface area contributed by atoms with Gasteiger partial charge in [-0.15, -0.1) is 0 Å². The van der Waals surface area contributed by atoms with E-state index in [1.807, 2.05) is 19.9 Å². The van der Waals surface area contributed by atoms with Crippen molar-refractivity contribution in [3.63, 3.8) is 0 Å². The molecule has 0 saturated heterocycles. The fraction of sp³-hybridized carbons (Fsp3) is 0.458. The van der Waals surface area contributed by atoms with Crippen molar-refractivity contribution in [1.29, 1.82) is 0 Å². The van der Waals surface area contributed by atoms with Crippen molar-refractivity contribution in [2.45, 2.75) is 58.4 Å². The second-order valence-corrected chi connectivity index (χ2v) is 10.8. The van der Waals surface area contributed by atoms with E-state index < -0.39 is 32.2 Å². The molecule has 34 heavy (non-hydrogen) atoms. The second kappa shape index (κ2) is 10.2. The molecule has 0 aliphatic rings. The lowest BCUT2D eigenvalue weighted by Gasteiger charge is -2.33. The summed E-state index contributed by atoms with van der Waals surface area (Å²) < 4.78 is 70.1. The summed E-state index contributed by atoms with van der Waals surface area (Å²) in [4.78, 5) is 12.1. The topological polar surface area (TPSA) is 69.7 Å². The molecule has 0 unspecified atom stereocenters. The molecule has 188 valence electrons. The first-order chi connectivity index (χ1) is 15.6. The third kappa shape index (κ3) is 6.05. The summed E-state index contributed by atoms with van der Waals surface area (Å²) in [6.07, 6.45) is 1.26. The predicted molar refractivity (Wildman–Crippen MR) is 125 cm³/mol. The zero-order valence-corrected chi connectivity index (χ0v) is 21.2. The van der Waals surface area contributed by atoms with Crippen molar-refractivity contribution in [2.75, 3.05) is 6.61 Å². The van der Waals surface area contributed by atoms with E-state index in [9.17, 15) is 26.4 Å². The van der Waals surface area contributed by atoms with E-state index in [4.69, 9.17) is 16.3 Å². The van der Waals surface area contributed by atoms with E-state index in [-0.39, 0.29) is 12.4 Å². The minimum absolute atomic E-state index is 0.0704. The summed E-state index contributed by atoms with van der Waals surface area (Å²) in [5, 5.41) is 0.321. The van der Waals surface area contributed by atoms with Crippen LogP contribution in [-0.4, -0.2) is 26.3 Å². The van der Waals surface area contributed by atoms with Crippen LogP contribution < -0.4 is 8.92 Å². The summed E-state index contributed by atoms with van der Waals surface area (Å²) in [7, 11) is -5.75. The van der Waals surface area contributed by atoms with Gasteiger partial charge in [-0.2, -0.15) is 21.6 Å². The Morgan fingerprint density at radius 2 is 1.47 bits per heavy atom. The first-order valence-electron chi connectivity index (χ1n) is 10.6. The van der Waals surface area contributed by atoms with Crippen LogP contribution in [0.4, 0.5) is 13.2 Å². The second-order valence-electron chi connectivity index (χ2n) is 8.90. The zero-order chi connectivity index (χ0) is 25.9. The van der Waals surface area contributed by atoms with Crippen LogP contribution >= 0.6 is 11.6 Å². The average Bonchev–Trinajstić information content (AvgIpc) is 2.73. The number of alkyl halides is 3. The maximum absolute atomic E-state index is 12.6. The quantitative estimate of drug-likeness (QED) is 0.273. The summed E-state index contributed by atoms with van der Waals surface area (Å²) >= 11 is 6.45. The number of carbonyl (C=O) groups is 1. The van der Waals surface area contributed by atoms with Gasteiger partial charge in [0.25, 0.3) is 0 Å². The van der Waals surface area contributed by atoms with Gasteiger partial charge >= 0.3 is 15.6 Å². The molecule has 5 nitrogen and oxygen atoms in total. The molecule has 0 aliphatic heterocycles. The van der Waals surface area contributed by atoms with Gasteiger partial charge in [0.15, 0.2) is 5.78 Å². The van der Waals surface area contributed by atoms with Crippen LogP contribution in [0.15, 0.2) is 42.5 Å². The number of ketones is 1. The van der Waals surface area contributed by atoms with Crippen LogP contribution in [0.5, 0.6) is 11.5 Å². The van der Waals surface area contributed by atoms with Gasteiger partial charge in [-0.3, -0.25) is 4.79 Å². The van der Waals surface area contributed by atoms with E-state index >= 15 is 0 Å². The molecule has 0 fully saturated rings. The molecule has 0 aliphatic carbocycles. The molecule has 0 saturated carbocycles. The fourth-order valence-corrected chi connectivity index (χ4v) is 4.21. The maximum Gasteiger partial charge on any atom is 0.534 e. The van der Waals surface area contributed by atoms with Crippen LogP contribution in [0.3, 0.4) is 0 Å². The molecule has 10 heteroatoms. The number of halogens is 4. The van der Waals surface area contributed by atoms with Crippen molar-refractivity contribution in [1.82, 2.24) is 0 Å². The molecule has 0 amide bonds. The third-order valence-electron chi connectivity index (χ3n) is 5.78. The van der Waals surface area contributed by atoms with Crippen LogP contribution in [0.25, 0.3) is 0 Å². The van der Waals surface area contributed by atoms with Crippen molar-refractivity contribution in [3.8, 4) is 11.5 Å². The molecule has 0 aromatic heterocycles. The normalized spacial score (nSPS) is 13.0. The molecule has 0 atom stereocenters. The lowest BCUT2D eigenvalue weighted by molar-refractivity contribution is -0.128. The van der Waals surface area contributed by atoms with Crippen molar-refractivity contribution in [3.05, 3.63) is 58.6 Å². The summed E-state index contributed by atoms with van der Waals surface area (Å²) in [5.74, 6) is -0.142. The fourth-order valence-electron chi connectivity index (χ4n) is 3.51. The largest absolute Gasteiger partial charge is 0.534 e. The number of Topliss-reactive ketones (excluding diaryl/α,β-unsaturated/α-hetero) is 1. The van der Waals surface area contributed by atoms with Crippen LogP contribution in [0, 0.1) is 5.41 Å². The third-order valence-corrected chi connectivity index (χ3v) is 7.06. The smallest absolute Gasteiger partial charge is 0.484 e. The number of carbonyl (C=O) groups excluding carboxylic acids is 1. The number of rotatable bonds is 9. The number of hydrogen-bond donors (Lipinski definition) is 0. The Morgan fingerprint density at radius 1 is 0.941 bits per heavy atom. The van der Waals surface area contributed by atoms with E-state index in [0.717, 1.165) is 11.1 Å². The van der Waals surface area contributed by atoms with Gasteiger partial charge in [0.1, 0.15) is 18.1 Å². The predicted octanol–water partition coefficient (Wildman–Crippen LogP) is 6.67. The molecule has 0 radical (unpaired) electrons. The molecular formula is C24H28ClF3O5S. The molecule has 2 aromatic rings. The first-order valence-corrected chi connectivity index (χ1v) is 12.4. The van der Waals surface area contributed by atoms with Gasteiger partial charge in [0.05, 0.1) is 5.02 Å². The Labute approximate surface area is 203 Å². The zero-order valence-electron chi connectivity index (χ0n) is 19.6. The Hall–Kier alpha value is -2.26. The van der Waals surface area contributed by atoms with E-state index in [2.05, 4.69) is 4.18 Å². The van der Waals surface area contributed by atoms with Gasteiger partial charge in [-0.25, -0.2) is 0 Å². The van der Waals surface area contributed by atoms with Crippen LogP contribution in [0.1, 0.15) is 58.6 Å². The van der Waals surface area contributed by atoms with Crippen molar-refractivity contribution in [2.24, 2.45) is 5.41 Å². The van der Waals surface area contributed by atoms with Crippen LogP contribution in [-0.2, 0) is 20.3 Å². The number of benzene rings is 2. The Balaban J connectivity index is 2.34. The molecular weight excluding hydrogens is 493 g/mol. The molecule has 0 N–H and O–H groups in total. The summed E-state index contributed by atoms with van der Waals surface area (Å²) in [6, 6.07) is 10.7. The highest BCUT2D eigenvalue weighted by Gasteiger charge is 2.48. The summed E-state index contributed by atoms with van der Waals surface area (Å²) in [6.45, 7) is 9.21. The van der Waals surface area contributed by atoms with Crippen LogP contribution in [0.2, 0.25) is 5.02 Å². The van der Waals surface area contributed by atoms with Gasteiger partial charge < -0.3 is 8.92 Å². The van der Waals surface area contributed by atoms with Gasteiger partial charge in [-0.1, -0.05) is 64.4 Å². The minimum Gasteiger partial charge on any atom is -0.484 e. The maximum atomic E-state index is 12.6. The Kier molecular flexibility index (Phi) is 8.36. The highest BCUT2D eigenvalue weighted by atomic mass is 35.5. The van der Waals surface area contributed by atoms with Crippen molar-refractivity contribution >= 4 is 27.5 Å². The van der Waals surface area contributed by atoms with Gasteiger partial charge in [-0.05, 0) is 48.2 Å². The average molecular weight is 521 g/mol. The van der Waals surface area contributed by atoms with Gasteiger partial charge in [0, 0.05) is 10.8 Å². The molecule has 0 spiro atoms. The van der Waals surface area contributed by atoms with E-state index in [0.29, 0.717) is 23.6 Å². The lowest BCUT2D eigenvalue weighted by Crippen LogP contribution is -2.28. The number of ether oxygens (including phenoxy) is 1.